The van der Waals surface area contributed by atoms with Gasteiger partial charge in [-0.3, -0.25) is 9.00 Å². The van der Waals surface area contributed by atoms with E-state index in [4.69, 9.17) is 14.2 Å². The Bertz CT molecular complexity index is 1170. The van der Waals surface area contributed by atoms with Gasteiger partial charge in [0.05, 0.1) is 12.4 Å². The van der Waals surface area contributed by atoms with Gasteiger partial charge in [-0.25, -0.2) is 0 Å². The van der Waals surface area contributed by atoms with Crippen molar-refractivity contribution in [2.24, 2.45) is 0 Å². The Balaban J connectivity index is 1.76. The largest absolute Gasteiger partial charge is 0.497 e. The number of fused-ring (bicyclic) bond motifs is 1. The lowest BCUT2D eigenvalue weighted by molar-refractivity contribution is 0.0972. The van der Waals surface area contributed by atoms with Crippen LogP contribution in [0, 0.1) is 0 Å². The monoisotopic (exact) mass is 478 g/mol. The van der Waals surface area contributed by atoms with Crippen LogP contribution >= 0.6 is 0 Å². The Morgan fingerprint density at radius 1 is 0.941 bits per heavy atom. The molecule has 0 N–H and O–H groups in total. The molecule has 0 bridgehead atoms. The fourth-order valence-corrected chi connectivity index (χ4v) is 5.88. The number of ketones is 1. The molecule has 5 nitrogen and oxygen atoms in total. The molecule has 0 unspecified atom stereocenters. The van der Waals surface area contributed by atoms with Crippen molar-refractivity contribution in [3.63, 3.8) is 0 Å². The molecule has 3 aromatic carbocycles. The lowest BCUT2D eigenvalue weighted by atomic mass is 9.86. The van der Waals surface area contributed by atoms with E-state index in [0.29, 0.717) is 17.1 Å². The van der Waals surface area contributed by atoms with Crippen LogP contribution < -0.4 is 14.2 Å². The Hall–Kier alpha value is -3.12. The third kappa shape index (κ3) is 5.17. The van der Waals surface area contributed by atoms with Gasteiger partial charge in [-0.05, 0) is 62.2 Å². The molecule has 34 heavy (non-hydrogen) atoms. The summed E-state index contributed by atoms with van der Waals surface area (Å²) in [4.78, 5) is 13.5. The Morgan fingerprint density at radius 3 is 2.26 bits per heavy atom. The second-order valence-corrected chi connectivity index (χ2v) is 11.6. The van der Waals surface area contributed by atoms with Crippen molar-refractivity contribution in [1.82, 2.24) is 0 Å². The van der Waals surface area contributed by atoms with Crippen LogP contribution in [0.1, 0.15) is 59.8 Å². The molecule has 0 fully saturated rings. The molecule has 1 aliphatic rings. The van der Waals surface area contributed by atoms with Gasteiger partial charge in [0.2, 0.25) is 6.79 Å². The van der Waals surface area contributed by atoms with Crippen molar-refractivity contribution >= 4 is 16.6 Å². The second kappa shape index (κ2) is 10.0. The number of benzene rings is 3. The van der Waals surface area contributed by atoms with Crippen molar-refractivity contribution in [1.29, 1.82) is 0 Å². The van der Waals surface area contributed by atoms with Crippen molar-refractivity contribution in [3.05, 3.63) is 89.5 Å². The maximum absolute atomic E-state index is 13.9. The molecule has 0 amide bonds. The highest BCUT2D eigenvalue weighted by atomic mass is 32.2. The smallest absolute Gasteiger partial charge is 0.231 e. The number of Topliss-reactive ketones (excluding diaryl/α,β-unsaturated/α-hetero) is 1. The molecular formula is C28H30O5S. The normalized spacial score (nSPS) is 15.4. The fraction of sp³-hybridized carbons (Fsp3) is 0.321. The van der Waals surface area contributed by atoms with Gasteiger partial charge >= 0.3 is 0 Å². The molecule has 1 heterocycles. The average Bonchev–Trinajstić information content (AvgIpc) is 3.32. The van der Waals surface area contributed by atoms with E-state index < -0.39 is 15.5 Å². The Morgan fingerprint density at radius 2 is 1.62 bits per heavy atom. The van der Waals surface area contributed by atoms with Crippen LogP contribution in [0.4, 0.5) is 0 Å². The minimum absolute atomic E-state index is 0.0310. The average molecular weight is 479 g/mol. The molecule has 3 aromatic rings. The van der Waals surface area contributed by atoms with Crippen molar-refractivity contribution < 1.29 is 23.2 Å². The van der Waals surface area contributed by atoms with Crippen LogP contribution in [0.5, 0.6) is 17.2 Å². The topological polar surface area (TPSA) is 61.8 Å². The second-order valence-electron chi connectivity index (χ2n) is 9.32. The van der Waals surface area contributed by atoms with Gasteiger partial charge in [0.1, 0.15) is 5.75 Å². The fourth-order valence-electron chi connectivity index (χ4n) is 4.17. The van der Waals surface area contributed by atoms with Crippen molar-refractivity contribution in [2.45, 2.75) is 43.1 Å². The first kappa shape index (κ1) is 24.0. The lowest BCUT2D eigenvalue weighted by Gasteiger charge is -2.32. The van der Waals surface area contributed by atoms with E-state index >= 15 is 0 Å². The summed E-state index contributed by atoms with van der Waals surface area (Å²) < 4.78 is 29.6. The SMILES string of the molecule is COc1ccc([C@@H]([C@H](CC(=O)c2ccc3c(c2)OCO3)c2ccccc2)[S@](=O)C(C)(C)C)cc1. The summed E-state index contributed by atoms with van der Waals surface area (Å²) in [5.41, 5.74) is 2.46. The van der Waals surface area contributed by atoms with Gasteiger partial charge in [-0.15, -0.1) is 0 Å². The summed E-state index contributed by atoms with van der Waals surface area (Å²) in [6, 6.07) is 22.8. The molecule has 3 atom stereocenters. The van der Waals surface area contributed by atoms with Gasteiger partial charge in [0.15, 0.2) is 17.3 Å². The number of ether oxygens (including phenoxy) is 3. The highest BCUT2D eigenvalue weighted by Gasteiger charge is 2.37. The number of hydrogen-bond acceptors (Lipinski definition) is 5. The zero-order valence-corrected chi connectivity index (χ0v) is 20.8. The van der Waals surface area contributed by atoms with E-state index in [1.807, 2.05) is 75.4 Å². The standard InChI is InChI=1S/C28H30O5S/c1-28(2,3)34(30)27(20-10-13-22(31-4)14-11-20)23(19-8-6-5-7-9-19)17-24(29)21-12-15-25-26(16-21)33-18-32-25/h5-16,23,27H,17-18H2,1-4H3/t23-,27+,34+/m1/s1. The molecule has 0 radical (unpaired) electrons. The molecular weight excluding hydrogens is 448 g/mol. The molecule has 0 aromatic heterocycles. The summed E-state index contributed by atoms with van der Waals surface area (Å²) in [6.07, 6.45) is 0.210. The number of carbonyl (C=O) groups excluding carboxylic acids is 1. The number of methoxy groups -OCH3 is 1. The predicted octanol–water partition coefficient (Wildman–Crippen LogP) is 6.07. The third-order valence-corrected chi connectivity index (χ3v) is 8.24. The summed E-state index contributed by atoms with van der Waals surface area (Å²) in [5, 5.41) is -0.383. The molecule has 0 spiro atoms. The molecule has 0 saturated heterocycles. The van der Waals surface area contributed by atoms with Crippen LogP contribution in [-0.2, 0) is 10.8 Å². The lowest BCUT2D eigenvalue weighted by Crippen LogP contribution is -2.31. The van der Waals surface area contributed by atoms with Gasteiger partial charge in [0, 0.05) is 33.4 Å². The van der Waals surface area contributed by atoms with E-state index in [9.17, 15) is 9.00 Å². The number of carbonyl (C=O) groups is 1. The van der Waals surface area contributed by atoms with Gasteiger partial charge in [-0.2, -0.15) is 0 Å². The van der Waals surface area contributed by atoms with E-state index in [1.165, 1.54) is 0 Å². The van der Waals surface area contributed by atoms with Crippen LogP contribution in [-0.4, -0.2) is 28.6 Å². The van der Waals surface area contributed by atoms with Crippen LogP contribution in [0.25, 0.3) is 0 Å². The maximum atomic E-state index is 13.9. The Kier molecular flexibility index (Phi) is 7.08. The molecule has 4 rings (SSSR count). The molecule has 0 aliphatic carbocycles. The van der Waals surface area contributed by atoms with Gasteiger partial charge in [0.25, 0.3) is 0 Å². The van der Waals surface area contributed by atoms with Gasteiger partial charge in [-0.1, -0.05) is 42.5 Å². The molecule has 0 saturated carbocycles. The number of hydrogen-bond donors (Lipinski definition) is 0. The first-order chi connectivity index (χ1) is 16.3. The zero-order chi connectivity index (χ0) is 24.3. The van der Waals surface area contributed by atoms with E-state index in [-0.39, 0.29) is 30.2 Å². The first-order valence-electron chi connectivity index (χ1n) is 11.3. The highest BCUT2D eigenvalue weighted by Crippen LogP contribution is 2.43. The quantitative estimate of drug-likeness (QED) is 0.368. The minimum Gasteiger partial charge on any atom is -0.497 e. The summed E-state index contributed by atoms with van der Waals surface area (Å²) in [5.74, 6) is 1.63. The summed E-state index contributed by atoms with van der Waals surface area (Å²) in [6.45, 7) is 6.08. The highest BCUT2D eigenvalue weighted by molar-refractivity contribution is 7.86. The van der Waals surface area contributed by atoms with Crippen molar-refractivity contribution in [3.8, 4) is 17.2 Å². The van der Waals surface area contributed by atoms with E-state index in [0.717, 1.165) is 16.9 Å². The van der Waals surface area contributed by atoms with Crippen LogP contribution in [0.15, 0.2) is 72.8 Å². The van der Waals surface area contributed by atoms with Crippen LogP contribution in [0.2, 0.25) is 0 Å². The van der Waals surface area contributed by atoms with E-state index in [2.05, 4.69) is 0 Å². The van der Waals surface area contributed by atoms with Crippen LogP contribution in [0.3, 0.4) is 0 Å². The van der Waals surface area contributed by atoms with E-state index in [1.54, 1.807) is 25.3 Å². The Labute approximate surface area is 203 Å². The summed E-state index contributed by atoms with van der Waals surface area (Å²) >= 11 is 0. The summed E-state index contributed by atoms with van der Waals surface area (Å²) in [7, 11) is 0.346. The molecule has 178 valence electrons. The maximum Gasteiger partial charge on any atom is 0.231 e. The third-order valence-electron chi connectivity index (χ3n) is 5.97. The minimum atomic E-state index is -1.28. The molecule has 1 aliphatic heterocycles. The van der Waals surface area contributed by atoms with Gasteiger partial charge < -0.3 is 14.2 Å². The first-order valence-corrected chi connectivity index (χ1v) is 12.5. The predicted molar refractivity (Wildman–Crippen MR) is 134 cm³/mol. The molecule has 6 heteroatoms. The zero-order valence-electron chi connectivity index (χ0n) is 19.9. The van der Waals surface area contributed by atoms with Crippen molar-refractivity contribution in [2.75, 3.05) is 13.9 Å². The number of rotatable bonds is 8.